The zero-order chi connectivity index (χ0) is 74.0. The minimum Gasteiger partial charge on any atom is -0.394 e. The van der Waals surface area contributed by atoms with Crippen molar-refractivity contribution in [1.29, 1.82) is 0 Å². The Balaban J connectivity index is 0.00000547. The van der Waals surface area contributed by atoms with E-state index in [1.807, 2.05) is 13.8 Å². The van der Waals surface area contributed by atoms with Gasteiger partial charge in [-0.1, -0.05) is 93.4 Å². The molecule has 0 aliphatic carbocycles. The molecule has 3 fully saturated rings. The highest BCUT2D eigenvalue weighted by Gasteiger charge is 2.45. The second-order valence-electron chi connectivity index (χ2n) is 25.7. The van der Waals surface area contributed by atoms with E-state index >= 15 is 0 Å². The molecular formula is C68H135N6O25P. The maximum Gasteiger partial charge on any atom is 0.471 e. The molecule has 5 amide bonds. The van der Waals surface area contributed by atoms with Gasteiger partial charge in [0.25, 0.3) is 0 Å². The van der Waals surface area contributed by atoms with Crippen LogP contribution in [0.2, 0.25) is 0 Å². The average Bonchev–Trinajstić information content (AvgIpc) is 0.842. The van der Waals surface area contributed by atoms with Gasteiger partial charge in [-0.05, 0) is 90.0 Å². The van der Waals surface area contributed by atoms with Gasteiger partial charge in [0.1, 0.15) is 36.6 Å². The first-order valence-corrected chi connectivity index (χ1v) is 37.8. The van der Waals surface area contributed by atoms with Crippen molar-refractivity contribution in [3.05, 3.63) is 0 Å². The number of phosphoric acid groups is 1. The molecule has 16 atom stereocenters. The summed E-state index contributed by atoms with van der Waals surface area (Å²) in [7, 11) is -1.03. The zero-order valence-corrected chi connectivity index (χ0v) is 61.3. The molecule has 0 radical (unpaired) electrons. The van der Waals surface area contributed by atoms with Gasteiger partial charge in [-0.25, -0.2) is 4.57 Å². The minimum absolute atomic E-state index is 0. The summed E-state index contributed by atoms with van der Waals surface area (Å²) in [6.07, 6.45) is 1.55. The second-order valence-corrected chi connectivity index (χ2v) is 27.2. The molecule has 592 valence electrons. The molecular weight excluding hydrogens is 1330 g/mol. The van der Waals surface area contributed by atoms with Gasteiger partial charge in [0, 0.05) is 122 Å². The predicted molar refractivity (Wildman–Crippen MR) is 373 cm³/mol. The number of aliphatic hydroxyl groups is 9. The Morgan fingerprint density at radius 2 is 0.740 bits per heavy atom. The first-order chi connectivity index (χ1) is 47.4. The highest BCUT2D eigenvalue weighted by atomic mass is 31.2. The summed E-state index contributed by atoms with van der Waals surface area (Å²) in [5.41, 5.74) is 4.14. The number of phosphoric ester groups is 1. The van der Waals surface area contributed by atoms with Crippen molar-refractivity contribution in [2.45, 2.75) is 288 Å². The Morgan fingerprint density at radius 3 is 1.07 bits per heavy atom. The van der Waals surface area contributed by atoms with Gasteiger partial charge < -0.3 is 116 Å². The number of carbonyl (C=O) groups is 5. The number of nitrogens with two attached hydrogens (primary N) is 1. The number of unbranched alkanes of at least 4 members (excludes halogenated alkanes) is 12. The molecule has 0 aromatic carbocycles. The van der Waals surface area contributed by atoms with Crippen LogP contribution in [0, 0.1) is 17.8 Å². The average molecular weight is 1470 g/mol. The van der Waals surface area contributed by atoms with Crippen molar-refractivity contribution < 1.29 is 122 Å². The van der Waals surface area contributed by atoms with E-state index in [4.69, 9.17) is 43.8 Å². The van der Waals surface area contributed by atoms with Crippen LogP contribution in [0.5, 0.6) is 0 Å². The van der Waals surface area contributed by atoms with Crippen LogP contribution in [0.1, 0.15) is 209 Å². The summed E-state index contributed by atoms with van der Waals surface area (Å²) >= 11 is 0. The summed E-state index contributed by atoms with van der Waals surface area (Å²) < 4.78 is 59.0. The summed E-state index contributed by atoms with van der Waals surface area (Å²) in [6.45, 7) is 11.7. The van der Waals surface area contributed by atoms with E-state index in [0.29, 0.717) is 104 Å². The molecule has 0 bridgehead atoms. The van der Waals surface area contributed by atoms with E-state index in [1.165, 1.54) is 0 Å². The van der Waals surface area contributed by atoms with Crippen molar-refractivity contribution in [3.8, 4) is 0 Å². The number of ether oxygens (including phenoxy) is 7. The highest BCUT2D eigenvalue weighted by molar-refractivity contribution is 7.47. The summed E-state index contributed by atoms with van der Waals surface area (Å²) in [4.78, 5) is 75.6. The van der Waals surface area contributed by atoms with Crippen molar-refractivity contribution in [3.63, 3.8) is 0 Å². The normalized spacial score (nSPS) is 26.2. The Hall–Kier alpha value is -3.22. The summed E-state index contributed by atoms with van der Waals surface area (Å²) in [5, 5.41) is 105. The van der Waals surface area contributed by atoms with E-state index in [0.717, 1.165) is 71.3 Å². The molecule has 3 aliphatic rings. The van der Waals surface area contributed by atoms with Gasteiger partial charge in [0.2, 0.25) is 29.5 Å². The quantitative estimate of drug-likeness (QED) is 0.0307. The molecule has 3 rings (SSSR count). The fourth-order valence-corrected chi connectivity index (χ4v) is 11.7. The molecule has 31 nitrogen and oxygen atoms in total. The van der Waals surface area contributed by atoms with Crippen molar-refractivity contribution in [2.24, 2.45) is 23.5 Å². The second kappa shape index (κ2) is 58.0. The number of aliphatic hydroxyl groups excluding tert-OH is 9. The van der Waals surface area contributed by atoms with Gasteiger partial charge in [-0.2, -0.15) is 0 Å². The molecule has 0 saturated carbocycles. The fraction of sp³-hybridized carbons (Fsp3) is 0.926. The van der Waals surface area contributed by atoms with Crippen LogP contribution in [0.15, 0.2) is 0 Å². The molecule has 0 spiro atoms. The maximum absolute atomic E-state index is 13.8. The maximum atomic E-state index is 13.8. The highest BCUT2D eigenvalue weighted by Crippen LogP contribution is 2.42. The topological polar surface area (TPSA) is 474 Å². The van der Waals surface area contributed by atoms with Crippen LogP contribution in [0.25, 0.3) is 0 Å². The number of amides is 5. The Bertz CT molecular complexity index is 1990. The molecule has 3 aliphatic heterocycles. The van der Waals surface area contributed by atoms with E-state index in [9.17, 15) is 74.5 Å². The smallest absolute Gasteiger partial charge is 0.394 e. The lowest BCUT2D eigenvalue weighted by Crippen LogP contribution is -2.55. The molecule has 3 saturated heterocycles. The third-order valence-electron chi connectivity index (χ3n) is 17.7. The van der Waals surface area contributed by atoms with Crippen molar-refractivity contribution in [1.82, 2.24) is 26.6 Å². The lowest BCUT2D eigenvalue weighted by molar-refractivity contribution is -0.282. The summed E-state index contributed by atoms with van der Waals surface area (Å²) in [6, 6.07) is 0. The van der Waals surface area contributed by atoms with E-state index in [2.05, 4.69) is 35.6 Å². The number of carbonyl (C=O) groups excluding carboxylic acids is 5. The van der Waals surface area contributed by atoms with Crippen molar-refractivity contribution >= 4 is 37.4 Å². The van der Waals surface area contributed by atoms with Gasteiger partial charge >= 0.3 is 7.82 Å². The van der Waals surface area contributed by atoms with Gasteiger partial charge in [0.15, 0.2) is 18.9 Å². The number of methoxy groups -OCH3 is 1. The van der Waals surface area contributed by atoms with Gasteiger partial charge in [0.05, 0.1) is 44.7 Å². The van der Waals surface area contributed by atoms with Crippen LogP contribution in [0.3, 0.4) is 0 Å². The fourth-order valence-electron chi connectivity index (χ4n) is 11.3. The van der Waals surface area contributed by atoms with E-state index in [1.54, 1.807) is 27.9 Å². The van der Waals surface area contributed by atoms with Crippen molar-refractivity contribution in [2.75, 3.05) is 99.8 Å². The summed E-state index contributed by atoms with van der Waals surface area (Å²) in [5.74, 6) is -2.89. The number of nitrogens with one attached hydrogen (secondary N) is 5. The monoisotopic (exact) mass is 1470 g/mol. The lowest BCUT2D eigenvalue weighted by Gasteiger charge is -2.40. The molecule has 17 N–H and O–H groups in total. The minimum atomic E-state index is -3.75. The Kier molecular flexibility index (Phi) is 56.1. The Morgan fingerprint density at radius 1 is 0.430 bits per heavy atom. The molecule has 3 heterocycles. The third kappa shape index (κ3) is 40.9. The van der Waals surface area contributed by atoms with Crippen LogP contribution in [0.4, 0.5) is 0 Å². The SMILES string of the molecule is C.CC.COCCCNC(=O)CCCC(=O)NC(CCC(=O)NCCCCCCOC1OC(CO)C(O)C(O)C1C)(CCC(=O)NCCCCCCOC1OC(CO)C(O)C(O)C1C)CCC(=O)NCCCCCCOC1OC(CO)C(O)C(O)C1C.COP(=O)(O)OCCCCCCN. The molecule has 100 heavy (non-hydrogen) atoms. The van der Waals surface area contributed by atoms with Gasteiger partial charge in [-0.3, -0.25) is 33.0 Å². The number of hydrogen-bond acceptors (Lipinski definition) is 25. The third-order valence-corrected chi connectivity index (χ3v) is 18.7. The molecule has 0 aromatic heterocycles. The molecule has 16 unspecified atom stereocenters. The number of hydrogen-bond donors (Lipinski definition) is 16. The van der Waals surface area contributed by atoms with Crippen LogP contribution < -0.4 is 32.3 Å². The largest absolute Gasteiger partial charge is 0.471 e. The first kappa shape index (κ1) is 96.8. The van der Waals surface area contributed by atoms with Crippen LogP contribution >= 0.6 is 7.82 Å². The lowest BCUT2D eigenvalue weighted by atomic mass is 9.82. The van der Waals surface area contributed by atoms with Crippen LogP contribution in [-0.2, 0) is 70.7 Å². The molecule has 32 heteroatoms. The Labute approximate surface area is 595 Å². The van der Waals surface area contributed by atoms with Gasteiger partial charge in [-0.15, -0.1) is 0 Å². The first-order valence-electron chi connectivity index (χ1n) is 36.3. The zero-order valence-electron chi connectivity index (χ0n) is 60.4. The number of rotatable bonds is 53. The van der Waals surface area contributed by atoms with E-state index < -0.39 is 125 Å². The van der Waals surface area contributed by atoms with Crippen LogP contribution in [-0.4, -0.2) is 260 Å². The van der Waals surface area contributed by atoms with E-state index in [-0.39, 0.29) is 101 Å². The predicted octanol–water partition coefficient (Wildman–Crippen LogP) is 2.74. The standard InChI is InChI=1S/C58H107N5O21.C7H18NO4P.C2H6.CH4/c1-38-49(72)52(75)41(35-64)82-55(38)79-32-14-8-5-11-27-59-45(68)21-24-58(63-48(71)20-17-19-44(67)62-30-18-31-78-4,25-22-46(69)60-28-12-6-9-15-33-80-56-39(2)50(73)53(76)42(36-65)83-56)26-23-47(70)61-29-13-7-10-16-34-81-57-40(3)51(74)54(77)43(37-66)84-57;1-11-13(9,10)12-7-5-3-2-4-6-8;1-2;/h38-43,49-57,64-66,72-77H,5-37H2,1-4H3,(H,59,68)(H,60,69)(H,61,70)(H,62,67)(H,63,71);2-8H2,1H3,(H,9,10);1-2H3;1H4. The molecule has 0 aromatic rings.